The fourth-order valence-electron chi connectivity index (χ4n) is 2.62. The van der Waals surface area contributed by atoms with Crippen molar-refractivity contribution in [3.8, 4) is 10.4 Å². The number of hydrogen-bond donors (Lipinski definition) is 3. The Morgan fingerprint density at radius 1 is 1.26 bits per heavy atom. The van der Waals surface area contributed by atoms with Crippen molar-refractivity contribution in [2.45, 2.75) is 26.4 Å². The van der Waals surface area contributed by atoms with Gasteiger partial charge >= 0.3 is 0 Å². The number of anilines is 2. The van der Waals surface area contributed by atoms with E-state index in [2.05, 4.69) is 10.3 Å². The van der Waals surface area contributed by atoms with E-state index in [1.807, 2.05) is 19.1 Å². The first-order valence-electron chi connectivity index (χ1n) is 8.32. The Hall–Kier alpha value is -2.77. The van der Waals surface area contributed by atoms with Crippen molar-refractivity contribution in [2.75, 3.05) is 5.32 Å². The molecule has 0 saturated carbocycles. The molecule has 0 aliphatic rings. The van der Waals surface area contributed by atoms with Crippen molar-refractivity contribution >= 4 is 28.1 Å². The van der Waals surface area contributed by atoms with E-state index in [9.17, 15) is 14.3 Å². The lowest BCUT2D eigenvalue weighted by Gasteiger charge is -2.18. The number of carbonyl (C=O) groups is 1. The second kappa shape index (κ2) is 7.09. The molecule has 0 spiro atoms. The summed E-state index contributed by atoms with van der Waals surface area (Å²) in [7, 11) is 0. The largest absolute Gasteiger partial charge is 0.386 e. The van der Waals surface area contributed by atoms with Crippen LogP contribution in [0.25, 0.3) is 10.4 Å². The average molecular weight is 385 g/mol. The van der Waals surface area contributed by atoms with Gasteiger partial charge in [-0.2, -0.15) is 0 Å². The molecular formula is C20H20FN3O2S. The quantitative estimate of drug-likeness (QED) is 0.610. The fraction of sp³-hybridized carbons (Fsp3) is 0.200. The zero-order chi connectivity index (χ0) is 19.8. The third kappa shape index (κ3) is 4.15. The number of rotatable bonds is 5. The van der Waals surface area contributed by atoms with Crippen molar-refractivity contribution in [2.24, 2.45) is 5.73 Å². The van der Waals surface area contributed by atoms with E-state index < -0.39 is 17.3 Å². The maximum Gasteiger partial charge on any atom is 0.251 e. The fourth-order valence-corrected chi connectivity index (χ4v) is 3.72. The number of amides is 1. The number of aromatic nitrogens is 1. The summed E-state index contributed by atoms with van der Waals surface area (Å²) in [6, 6.07) is 11.6. The molecule has 2 heterocycles. The number of pyridine rings is 1. The maximum absolute atomic E-state index is 14.6. The van der Waals surface area contributed by atoms with Crippen LogP contribution in [0.4, 0.5) is 15.2 Å². The van der Waals surface area contributed by atoms with Gasteiger partial charge in [0.1, 0.15) is 16.6 Å². The van der Waals surface area contributed by atoms with Crippen LogP contribution >= 0.6 is 11.3 Å². The van der Waals surface area contributed by atoms with Crippen molar-refractivity contribution in [3.05, 3.63) is 65.1 Å². The number of carbonyl (C=O) groups excluding carboxylic acids is 1. The second-order valence-electron chi connectivity index (χ2n) is 6.76. The van der Waals surface area contributed by atoms with Gasteiger partial charge in [0.25, 0.3) is 5.91 Å². The topological polar surface area (TPSA) is 88.2 Å². The highest BCUT2D eigenvalue weighted by Gasteiger charge is 2.21. The molecule has 0 atom stereocenters. The first kappa shape index (κ1) is 19.0. The Kier molecular flexibility index (Phi) is 4.99. The minimum atomic E-state index is -1.14. The van der Waals surface area contributed by atoms with Crippen molar-refractivity contribution < 1.29 is 14.3 Å². The molecule has 140 valence electrons. The van der Waals surface area contributed by atoms with Gasteiger partial charge < -0.3 is 16.2 Å². The van der Waals surface area contributed by atoms with E-state index in [0.717, 1.165) is 5.69 Å². The Labute approximate surface area is 160 Å². The number of primary amides is 1. The molecule has 0 aliphatic carbocycles. The number of benzene rings is 1. The SMILES string of the molecule is Cc1cccc(Nc2sc(-c3ccc(C(C)(C)O)cc3F)cc2C(N)=O)n1. The Balaban J connectivity index is 2.01. The minimum Gasteiger partial charge on any atom is -0.386 e. The molecule has 1 aromatic carbocycles. The van der Waals surface area contributed by atoms with E-state index in [1.54, 1.807) is 38.1 Å². The van der Waals surface area contributed by atoms with E-state index in [4.69, 9.17) is 5.73 Å². The van der Waals surface area contributed by atoms with Gasteiger partial charge in [-0.25, -0.2) is 9.37 Å². The van der Waals surface area contributed by atoms with Crippen LogP contribution in [0.3, 0.4) is 0 Å². The summed E-state index contributed by atoms with van der Waals surface area (Å²) in [5, 5.41) is 13.6. The number of thiophene rings is 1. The molecule has 0 unspecified atom stereocenters. The number of aryl methyl sites for hydroxylation is 1. The first-order chi connectivity index (χ1) is 12.6. The van der Waals surface area contributed by atoms with E-state index >= 15 is 0 Å². The molecule has 7 heteroatoms. The summed E-state index contributed by atoms with van der Waals surface area (Å²) in [6.07, 6.45) is 0. The Morgan fingerprint density at radius 3 is 2.59 bits per heavy atom. The molecular weight excluding hydrogens is 365 g/mol. The number of nitrogens with two attached hydrogens (primary N) is 1. The summed E-state index contributed by atoms with van der Waals surface area (Å²) < 4.78 is 14.6. The lowest BCUT2D eigenvalue weighted by Crippen LogP contribution is -2.15. The molecule has 0 saturated heterocycles. The molecule has 2 aromatic heterocycles. The predicted molar refractivity (Wildman–Crippen MR) is 106 cm³/mol. The van der Waals surface area contributed by atoms with E-state index in [-0.39, 0.29) is 5.56 Å². The highest BCUT2D eigenvalue weighted by molar-refractivity contribution is 7.19. The van der Waals surface area contributed by atoms with Crippen LogP contribution in [-0.4, -0.2) is 16.0 Å². The van der Waals surface area contributed by atoms with Gasteiger partial charge in [-0.15, -0.1) is 11.3 Å². The molecule has 27 heavy (non-hydrogen) atoms. The predicted octanol–water partition coefficient (Wildman–Crippen LogP) is 4.33. The Morgan fingerprint density at radius 2 is 2.00 bits per heavy atom. The smallest absolute Gasteiger partial charge is 0.251 e. The number of halogens is 1. The van der Waals surface area contributed by atoms with Crippen LogP contribution in [-0.2, 0) is 5.60 Å². The van der Waals surface area contributed by atoms with Crippen LogP contribution in [0.5, 0.6) is 0 Å². The lowest BCUT2D eigenvalue weighted by atomic mass is 9.96. The standard InChI is InChI=1S/C20H20FN3O2S/c1-11-5-4-6-17(23-11)24-19-14(18(22)25)10-16(27-19)13-8-7-12(9-15(13)21)20(2,3)26/h4-10,26H,1-3H3,(H2,22,25)(H,23,24). The number of hydrogen-bond acceptors (Lipinski definition) is 5. The van der Waals surface area contributed by atoms with Crippen LogP contribution in [0, 0.1) is 12.7 Å². The van der Waals surface area contributed by atoms with Gasteiger partial charge in [-0.3, -0.25) is 4.79 Å². The van der Waals surface area contributed by atoms with Gasteiger partial charge in [-0.1, -0.05) is 18.2 Å². The van der Waals surface area contributed by atoms with E-state index in [0.29, 0.717) is 26.8 Å². The molecule has 0 fully saturated rings. The number of nitrogens with one attached hydrogen (secondary N) is 1. The van der Waals surface area contributed by atoms with Gasteiger partial charge in [0.15, 0.2) is 0 Å². The van der Waals surface area contributed by atoms with Crippen LogP contribution in [0.15, 0.2) is 42.5 Å². The molecule has 3 aromatic rings. The monoisotopic (exact) mass is 385 g/mol. The zero-order valence-electron chi connectivity index (χ0n) is 15.2. The van der Waals surface area contributed by atoms with Gasteiger partial charge in [0.2, 0.25) is 0 Å². The van der Waals surface area contributed by atoms with Crippen molar-refractivity contribution in [1.82, 2.24) is 4.98 Å². The van der Waals surface area contributed by atoms with Crippen molar-refractivity contribution in [1.29, 1.82) is 0 Å². The third-order valence-electron chi connectivity index (χ3n) is 4.07. The van der Waals surface area contributed by atoms with Gasteiger partial charge in [-0.05, 0) is 50.6 Å². The number of nitrogens with zero attached hydrogens (tertiary/aromatic N) is 1. The molecule has 0 bridgehead atoms. The molecule has 0 aliphatic heterocycles. The van der Waals surface area contributed by atoms with Crippen LogP contribution in [0.2, 0.25) is 0 Å². The minimum absolute atomic E-state index is 0.268. The average Bonchev–Trinajstić information content (AvgIpc) is 2.97. The summed E-state index contributed by atoms with van der Waals surface area (Å²) >= 11 is 1.21. The van der Waals surface area contributed by atoms with Crippen LogP contribution < -0.4 is 11.1 Å². The molecule has 1 amide bonds. The highest BCUT2D eigenvalue weighted by Crippen LogP contribution is 2.38. The Bertz CT molecular complexity index is 1010. The molecule has 5 nitrogen and oxygen atoms in total. The summed E-state index contributed by atoms with van der Waals surface area (Å²) in [6.45, 7) is 5.04. The second-order valence-corrected chi connectivity index (χ2v) is 7.81. The maximum atomic E-state index is 14.6. The highest BCUT2D eigenvalue weighted by atomic mass is 32.1. The molecule has 0 radical (unpaired) electrons. The zero-order valence-corrected chi connectivity index (χ0v) is 16.0. The summed E-state index contributed by atoms with van der Waals surface area (Å²) in [5.74, 6) is -0.517. The van der Waals surface area contributed by atoms with Gasteiger partial charge in [0.05, 0.1) is 11.2 Å². The number of aliphatic hydroxyl groups is 1. The van der Waals surface area contributed by atoms with Gasteiger partial charge in [0, 0.05) is 16.1 Å². The molecule has 4 N–H and O–H groups in total. The third-order valence-corrected chi connectivity index (χ3v) is 5.15. The first-order valence-corrected chi connectivity index (χ1v) is 9.14. The van der Waals surface area contributed by atoms with Crippen LogP contribution in [0.1, 0.15) is 35.5 Å². The molecule has 3 rings (SSSR count). The normalized spacial score (nSPS) is 11.4. The van der Waals surface area contributed by atoms with Crippen molar-refractivity contribution in [3.63, 3.8) is 0 Å². The summed E-state index contributed by atoms with van der Waals surface area (Å²) in [5.41, 5.74) is 6.24. The van der Waals surface area contributed by atoms with E-state index in [1.165, 1.54) is 17.4 Å². The lowest BCUT2D eigenvalue weighted by molar-refractivity contribution is 0.0782. The summed E-state index contributed by atoms with van der Waals surface area (Å²) in [4.78, 5) is 16.7.